The Kier molecular flexibility index (Phi) is 5.83. The number of hydrogen-bond acceptors (Lipinski definition) is 5. The van der Waals surface area contributed by atoms with Crippen LogP contribution in [-0.4, -0.2) is 45.2 Å². The number of hydrogen-bond donors (Lipinski definition) is 3. The van der Waals surface area contributed by atoms with Crippen LogP contribution in [0.1, 0.15) is 17.3 Å². The predicted molar refractivity (Wildman–Crippen MR) is 73.5 cm³/mol. The summed E-state index contributed by atoms with van der Waals surface area (Å²) in [6.45, 7) is 2.36. The average molecular weight is 304 g/mol. The molecule has 1 aromatic rings. The molecule has 0 aliphatic rings. The monoisotopic (exact) mass is 304 g/mol. The summed E-state index contributed by atoms with van der Waals surface area (Å²) in [5.74, 6) is -1.35. The SMILES string of the molecule is CCNc1nccc(C(=O)NCCNS(C)(=O)=O)c1F. The Balaban J connectivity index is 2.62. The van der Waals surface area contributed by atoms with Crippen molar-refractivity contribution in [1.29, 1.82) is 0 Å². The van der Waals surface area contributed by atoms with Gasteiger partial charge in [0.2, 0.25) is 10.0 Å². The van der Waals surface area contributed by atoms with Gasteiger partial charge in [-0.3, -0.25) is 4.79 Å². The van der Waals surface area contributed by atoms with Gasteiger partial charge in [0.1, 0.15) is 0 Å². The summed E-state index contributed by atoms with van der Waals surface area (Å²) in [5.41, 5.74) is -0.143. The van der Waals surface area contributed by atoms with E-state index >= 15 is 0 Å². The largest absolute Gasteiger partial charge is 0.368 e. The lowest BCUT2D eigenvalue weighted by Gasteiger charge is -2.09. The van der Waals surface area contributed by atoms with Crippen molar-refractivity contribution in [1.82, 2.24) is 15.0 Å². The summed E-state index contributed by atoms with van der Waals surface area (Å²) >= 11 is 0. The van der Waals surface area contributed by atoms with Crippen LogP contribution >= 0.6 is 0 Å². The molecule has 0 fully saturated rings. The van der Waals surface area contributed by atoms with Gasteiger partial charge in [0, 0.05) is 25.8 Å². The number of sulfonamides is 1. The summed E-state index contributed by atoms with van der Waals surface area (Å²) in [5, 5.41) is 5.12. The zero-order valence-electron chi connectivity index (χ0n) is 11.2. The van der Waals surface area contributed by atoms with Crippen LogP contribution in [0.3, 0.4) is 0 Å². The highest BCUT2D eigenvalue weighted by Gasteiger charge is 2.15. The standard InChI is InChI=1S/C11H17FN4O3S/c1-3-13-10-9(12)8(4-5-14-10)11(17)15-6-7-16-20(2,18)19/h4-5,16H,3,6-7H2,1-2H3,(H,13,14)(H,15,17). The minimum Gasteiger partial charge on any atom is -0.368 e. The van der Waals surface area contributed by atoms with E-state index in [2.05, 4.69) is 20.3 Å². The van der Waals surface area contributed by atoms with E-state index in [4.69, 9.17) is 0 Å². The maximum absolute atomic E-state index is 13.9. The van der Waals surface area contributed by atoms with Gasteiger partial charge in [-0.25, -0.2) is 22.5 Å². The first-order valence-electron chi connectivity index (χ1n) is 5.96. The number of nitrogens with zero attached hydrogens (tertiary/aromatic N) is 1. The lowest BCUT2D eigenvalue weighted by molar-refractivity contribution is 0.0950. The summed E-state index contributed by atoms with van der Waals surface area (Å²) in [6.07, 6.45) is 2.34. The quantitative estimate of drug-likeness (QED) is 0.612. The minimum atomic E-state index is -3.30. The van der Waals surface area contributed by atoms with Crippen molar-refractivity contribution < 1.29 is 17.6 Å². The van der Waals surface area contributed by atoms with Crippen LogP contribution in [0.15, 0.2) is 12.3 Å². The second-order valence-electron chi connectivity index (χ2n) is 3.97. The number of pyridine rings is 1. The highest BCUT2D eigenvalue weighted by atomic mass is 32.2. The van der Waals surface area contributed by atoms with Crippen LogP contribution in [0.25, 0.3) is 0 Å². The number of nitrogens with one attached hydrogen (secondary N) is 3. The molecular formula is C11H17FN4O3S. The lowest BCUT2D eigenvalue weighted by Crippen LogP contribution is -2.34. The third kappa shape index (κ3) is 5.10. The van der Waals surface area contributed by atoms with Crippen LogP contribution in [0.4, 0.5) is 10.2 Å². The van der Waals surface area contributed by atoms with Crippen LogP contribution in [0.5, 0.6) is 0 Å². The average Bonchev–Trinajstić information content (AvgIpc) is 2.36. The van der Waals surface area contributed by atoms with Crippen molar-refractivity contribution in [3.8, 4) is 0 Å². The third-order valence-electron chi connectivity index (χ3n) is 2.25. The van der Waals surface area contributed by atoms with E-state index in [1.807, 2.05) is 0 Å². The first-order chi connectivity index (χ1) is 9.35. The number of carbonyl (C=O) groups is 1. The molecule has 1 amide bonds. The zero-order chi connectivity index (χ0) is 15.2. The second-order valence-corrected chi connectivity index (χ2v) is 5.81. The Morgan fingerprint density at radius 1 is 1.40 bits per heavy atom. The fourth-order valence-electron chi connectivity index (χ4n) is 1.42. The summed E-state index contributed by atoms with van der Waals surface area (Å²) < 4.78 is 37.8. The van der Waals surface area contributed by atoms with E-state index < -0.39 is 21.7 Å². The van der Waals surface area contributed by atoms with Crippen LogP contribution < -0.4 is 15.4 Å². The van der Waals surface area contributed by atoms with Gasteiger partial charge in [-0.2, -0.15) is 0 Å². The Morgan fingerprint density at radius 2 is 2.10 bits per heavy atom. The smallest absolute Gasteiger partial charge is 0.254 e. The van der Waals surface area contributed by atoms with Crippen molar-refractivity contribution in [3.05, 3.63) is 23.6 Å². The summed E-state index contributed by atoms with van der Waals surface area (Å²) in [7, 11) is -3.30. The van der Waals surface area contributed by atoms with E-state index in [-0.39, 0.29) is 24.5 Å². The molecule has 112 valence electrons. The van der Waals surface area contributed by atoms with Gasteiger partial charge >= 0.3 is 0 Å². The Hall–Kier alpha value is -1.74. The molecule has 0 saturated heterocycles. The molecule has 1 heterocycles. The van der Waals surface area contributed by atoms with Crippen molar-refractivity contribution in [2.75, 3.05) is 31.2 Å². The topological polar surface area (TPSA) is 100 Å². The number of rotatable bonds is 7. The highest BCUT2D eigenvalue weighted by molar-refractivity contribution is 7.88. The molecule has 0 spiro atoms. The third-order valence-corrected chi connectivity index (χ3v) is 2.98. The van der Waals surface area contributed by atoms with Crippen LogP contribution in [-0.2, 0) is 10.0 Å². The minimum absolute atomic E-state index is 0.00871. The molecule has 1 rings (SSSR count). The number of halogens is 1. The molecule has 0 aliphatic heterocycles. The first kappa shape index (κ1) is 16.3. The van der Waals surface area contributed by atoms with Crippen molar-refractivity contribution in [2.24, 2.45) is 0 Å². The molecule has 7 nitrogen and oxygen atoms in total. The molecule has 9 heteroatoms. The molecule has 0 atom stereocenters. The van der Waals surface area contributed by atoms with Gasteiger partial charge in [-0.05, 0) is 13.0 Å². The molecule has 3 N–H and O–H groups in total. The Morgan fingerprint density at radius 3 is 2.70 bits per heavy atom. The first-order valence-corrected chi connectivity index (χ1v) is 7.85. The molecule has 0 saturated carbocycles. The number of aromatic nitrogens is 1. The highest BCUT2D eigenvalue weighted by Crippen LogP contribution is 2.14. The van der Waals surface area contributed by atoms with Gasteiger partial charge in [0.15, 0.2) is 11.6 Å². The Labute approximate surface area is 117 Å². The molecule has 0 unspecified atom stereocenters. The van der Waals surface area contributed by atoms with Gasteiger partial charge in [0.05, 0.1) is 11.8 Å². The van der Waals surface area contributed by atoms with Gasteiger partial charge in [-0.15, -0.1) is 0 Å². The molecule has 0 aliphatic carbocycles. The van der Waals surface area contributed by atoms with E-state index in [9.17, 15) is 17.6 Å². The molecule has 20 heavy (non-hydrogen) atoms. The fraction of sp³-hybridized carbons (Fsp3) is 0.455. The fourth-order valence-corrected chi connectivity index (χ4v) is 1.89. The normalized spacial score (nSPS) is 11.2. The number of carbonyl (C=O) groups excluding carboxylic acids is 1. The molecule has 0 radical (unpaired) electrons. The van der Waals surface area contributed by atoms with Gasteiger partial charge in [0.25, 0.3) is 5.91 Å². The van der Waals surface area contributed by atoms with Crippen LogP contribution in [0.2, 0.25) is 0 Å². The van der Waals surface area contributed by atoms with E-state index in [1.165, 1.54) is 12.3 Å². The van der Waals surface area contributed by atoms with E-state index in [0.717, 1.165) is 6.26 Å². The molecule has 0 aromatic carbocycles. The van der Waals surface area contributed by atoms with Crippen molar-refractivity contribution in [2.45, 2.75) is 6.92 Å². The number of anilines is 1. The van der Waals surface area contributed by atoms with Gasteiger partial charge in [-0.1, -0.05) is 0 Å². The van der Waals surface area contributed by atoms with Crippen molar-refractivity contribution in [3.63, 3.8) is 0 Å². The second kappa shape index (κ2) is 7.15. The maximum Gasteiger partial charge on any atom is 0.254 e. The summed E-state index contributed by atoms with van der Waals surface area (Å²) in [6, 6.07) is 1.26. The lowest BCUT2D eigenvalue weighted by atomic mass is 10.2. The van der Waals surface area contributed by atoms with E-state index in [0.29, 0.717) is 6.54 Å². The predicted octanol–water partition coefficient (Wildman–Crippen LogP) is -0.0685. The van der Waals surface area contributed by atoms with E-state index in [1.54, 1.807) is 6.92 Å². The zero-order valence-corrected chi connectivity index (χ0v) is 12.1. The Bertz CT molecular complexity index is 577. The van der Waals surface area contributed by atoms with Crippen molar-refractivity contribution >= 4 is 21.7 Å². The molecular weight excluding hydrogens is 287 g/mol. The molecule has 0 bridgehead atoms. The maximum atomic E-state index is 13.9. The van der Waals surface area contributed by atoms with Gasteiger partial charge < -0.3 is 10.6 Å². The number of amides is 1. The molecule has 1 aromatic heterocycles. The van der Waals surface area contributed by atoms with Crippen LogP contribution in [0, 0.1) is 5.82 Å². The summed E-state index contributed by atoms with van der Waals surface area (Å²) in [4.78, 5) is 15.5.